The van der Waals surface area contributed by atoms with Gasteiger partial charge in [-0.05, 0) is 83.9 Å². The zero-order valence-corrected chi connectivity index (χ0v) is 58.5. The van der Waals surface area contributed by atoms with Crippen molar-refractivity contribution in [2.75, 3.05) is 110 Å². The van der Waals surface area contributed by atoms with Gasteiger partial charge in [-0.2, -0.15) is 29.9 Å². The topological polar surface area (TPSA) is 494 Å². The van der Waals surface area contributed by atoms with Gasteiger partial charge in [-0.25, -0.2) is 33.7 Å². The maximum atomic E-state index is 12.6. The van der Waals surface area contributed by atoms with Crippen LogP contribution in [0.25, 0.3) is 12.2 Å². The molecule has 31 nitrogen and oxygen atoms in total. The molecule has 0 fully saturated rings. The van der Waals surface area contributed by atoms with Crippen molar-refractivity contribution in [3.63, 3.8) is 0 Å². The summed E-state index contributed by atoms with van der Waals surface area (Å²) in [6.07, 6.45) is 2.12. The average Bonchev–Trinajstić information content (AvgIpc) is 3.38. The van der Waals surface area contributed by atoms with E-state index in [-0.39, 0.29) is 271 Å². The Bertz CT molecular complexity index is 3290. The van der Waals surface area contributed by atoms with Crippen LogP contribution in [0.5, 0.6) is 0 Å². The zero-order valence-electron chi connectivity index (χ0n) is 45.0. The second-order valence-electron chi connectivity index (χ2n) is 15.8. The first kappa shape index (κ1) is 79.1. The number of aromatic nitrogens is 6. The van der Waals surface area contributed by atoms with Gasteiger partial charge in [0.25, 0.3) is 0 Å². The molecule has 6 rings (SSSR count). The van der Waals surface area contributed by atoms with Crippen LogP contribution in [0.15, 0.2) is 105 Å². The van der Waals surface area contributed by atoms with Crippen LogP contribution in [-0.2, 0) is 40.5 Å². The molecule has 0 aliphatic heterocycles. The van der Waals surface area contributed by atoms with E-state index in [4.69, 9.17) is 10.2 Å². The summed E-state index contributed by atoms with van der Waals surface area (Å²) in [7, 11) is -20.1. The van der Waals surface area contributed by atoms with Gasteiger partial charge in [0.05, 0.1) is 59.2 Å². The average molecular weight is 1300 g/mol. The first-order valence-corrected chi connectivity index (χ1v) is 28.5. The summed E-state index contributed by atoms with van der Waals surface area (Å²) in [5.41, 5.74) is -0.253. The summed E-state index contributed by atoms with van der Waals surface area (Å²) in [5.74, 6) is -1.12. The third-order valence-electron chi connectivity index (χ3n) is 10.2. The van der Waals surface area contributed by atoms with Crippen LogP contribution in [0, 0.1) is 0 Å². The molecule has 0 saturated carbocycles. The van der Waals surface area contributed by atoms with E-state index in [2.05, 4.69) is 56.5 Å². The summed E-state index contributed by atoms with van der Waals surface area (Å²) in [6, 6.07) is 15.9. The van der Waals surface area contributed by atoms with Crippen LogP contribution in [0.1, 0.15) is 11.1 Å². The van der Waals surface area contributed by atoms with Crippen LogP contribution in [0.3, 0.4) is 0 Å². The molecule has 428 valence electrons. The van der Waals surface area contributed by atoms with Gasteiger partial charge in [0, 0.05) is 62.0 Å². The number of anilines is 10. The normalized spacial score (nSPS) is 11.3. The first-order valence-electron chi connectivity index (χ1n) is 22.8. The minimum atomic E-state index is -5.30. The minimum absolute atomic E-state index is 0. The van der Waals surface area contributed by atoms with Gasteiger partial charge in [-0.15, -0.1) is 0 Å². The Morgan fingerprint density at radius 2 is 0.675 bits per heavy atom. The van der Waals surface area contributed by atoms with Gasteiger partial charge >= 0.3 is 162 Å². The van der Waals surface area contributed by atoms with Crippen LogP contribution in [0.4, 0.5) is 58.4 Å². The zero-order chi connectivity index (χ0) is 58.0. The molecule has 2 aromatic heterocycles. The molecule has 0 radical (unpaired) electrons. The Kier molecular flexibility index (Phi) is 36.0. The standard InChI is InChI=1S/C40H44N12O16S4.C4H11NO2.2K.2Na/c53-19-15-51(16-20-54)39-47-35(41-27-7-11-31(12-8-27)69(57,58)59)45-37(49-39)43-29-5-3-25(33(23-29)71(63,64)65)1-2-26-4-6-30(24-34(26)72(66,67)68)44-38-46-36(48-40(50-38)52(17-21-55)18-22-56)42-28-9-13-32(14-10-28)70(60,61)62;6-3-1-5-2-4-7;;;;/h1-14,23-24,53-56H,15-22H2,(H,57,58,59)(H,60,61,62)(H,63,64,65)(H,66,67,68)(H2,41,43,45,47,49)(H2,42,44,46,48,50);5-7H,1-4H2;;;;/q;;4*+1/p-4/b2-1+;;;;;. The molecule has 2 heterocycles. The van der Waals surface area contributed by atoms with Crippen molar-refractivity contribution in [1.82, 2.24) is 35.2 Å². The van der Waals surface area contributed by atoms with Crippen LogP contribution < -0.4 is 198 Å². The van der Waals surface area contributed by atoms with Gasteiger partial charge in [0.2, 0.25) is 35.7 Å². The van der Waals surface area contributed by atoms with Crippen molar-refractivity contribution < 1.29 is 244 Å². The van der Waals surface area contributed by atoms with E-state index in [0.29, 0.717) is 13.1 Å². The molecule has 0 bridgehead atoms. The van der Waals surface area contributed by atoms with Crippen molar-refractivity contribution in [3.05, 3.63) is 96.1 Å². The summed E-state index contributed by atoms with van der Waals surface area (Å²) >= 11 is 0. The Labute approximate surface area is 607 Å². The Balaban J connectivity index is 0.00000294. The second-order valence-corrected chi connectivity index (χ2v) is 21.3. The molecular formula is C44H51K2N13Na2O18S4. The summed E-state index contributed by atoms with van der Waals surface area (Å²) in [6.45, 7) is -0.421. The number of nitrogens with one attached hydrogen (secondary N) is 5. The summed E-state index contributed by atoms with van der Waals surface area (Å²) < 4.78 is 144. The molecule has 0 spiro atoms. The number of hydrogen-bond acceptors (Lipinski definition) is 31. The molecule has 0 atom stereocenters. The Morgan fingerprint density at radius 1 is 0.398 bits per heavy atom. The summed E-state index contributed by atoms with van der Waals surface area (Å²) in [4.78, 5) is 25.7. The molecule has 0 aliphatic carbocycles. The van der Waals surface area contributed by atoms with E-state index in [1.165, 1.54) is 58.3 Å². The minimum Gasteiger partial charge on any atom is -0.744 e. The van der Waals surface area contributed by atoms with Crippen molar-refractivity contribution in [1.29, 1.82) is 0 Å². The predicted octanol–water partition coefficient (Wildman–Crippen LogP) is -13.0. The number of rotatable bonds is 28. The second kappa shape index (κ2) is 37.8. The SMILES string of the molecule is O=S(=O)([O-])c1ccc(Nc2nc(Nc3ccc(/C=C/c4ccc(Nc5nc(Nc6ccc(S(=O)(=O)[O-])cc6)nc(N(CCO)CCO)n5)cc4S(=O)(=O)[O-])c(S(=O)(=O)[O-])c3)nc(N(CCO)CCO)n2)cc1.OCCNCCO.[K+].[K+].[Na+].[Na+]. The van der Waals surface area contributed by atoms with Gasteiger partial charge < -0.3 is 85.2 Å². The molecule has 0 amide bonds. The van der Waals surface area contributed by atoms with Gasteiger partial charge in [0.15, 0.2) is 0 Å². The van der Waals surface area contributed by atoms with Crippen molar-refractivity contribution in [3.8, 4) is 0 Å². The van der Waals surface area contributed by atoms with E-state index >= 15 is 0 Å². The molecule has 83 heavy (non-hydrogen) atoms. The van der Waals surface area contributed by atoms with Crippen molar-refractivity contribution in [2.45, 2.75) is 19.6 Å². The van der Waals surface area contributed by atoms with Gasteiger partial charge in [0.1, 0.15) is 40.5 Å². The molecule has 11 N–H and O–H groups in total. The van der Waals surface area contributed by atoms with Crippen molar-refractivity contribution >= 4 is 111 Å². The van der Waals surface area contributed by atoms with E-state index < -0.39 is 86.5 Å². The Morgan fingerprint density at radius 3 is 0.928 bits per heavy atom. The van der Waals surface area contributed by atoms with Crippen molar-refractivity contribution in [2.24, 2.45) is 0 Å². The van der Waals surface area contributed by atoms with Gasteiger partial charge in [-0.1, -0.05) is 24.3 Å². The number of aliphatic hydroxyl groups excluding tert-OH is 6. The number of aliphatic hydroxyl groups is 6. The molecular weight excluding hydrogens is 1250 g/mol. The number of hydrogen-bond donors (Lipinski definition) is 11. The van der Waals surface area contributed by atoms with Crippen LogP contribution >= 0.6 is 0 Å². The molecule has 0 saturated heterocycles. The van der Waals surface area contributed by atoms with Gasteiger partial charge in [-0.3, -0.25) is 0 Å². The fourth-order valence-electron chi connectivity index (χ4n) is 6.66. The maximum absolute atomic E-state index is 12.6. The monoisotopic (exact) mass is 1300 g/mol. The largest absolute Gasteiger partial charge is 1.00 e. The molecule has 39 heteroatoms. The fraction of sp³-hybridized carbons (Fsp3) is 0.273. The first-order chi connectivity index (χ1) is 37.4. The quantitative estimate of drug-likeness (QED) is 0.00940. The third kappa shape index (κ3) is 26.0. The molecule has 6 aromatic rings. The molecule has 4 aromatic carbocycles. The Hall–Kier alpha value is -1.93. The fourth-order valence-corrected chi connectivity index (χ4v) is 8.99. The van der Waals surface area contributed by atoms with E-state index in [1.54, 1.807) is 0 Å². The predicted molar refractivity (Wildman–Crippen MR) is 279 cm³/mol. The number of nitrogens with zero attached hydrogens (tertiary/aromatic N) is 8. The van der Waals surface area contributed by atoms with Crippen LogP contribution in [0.2, 0.25) is 0 Å². The summed E-state index contributed by atoms with van der Waals surface area (Å²) in [5, 5.41) is 68.7. The molecule has 0 unspecified atom stereocenters. The van der Waals surface area contributed by atoms with E-state index in [1.807, 2.05) is 0 Å². The van der Waals surface area contributed by atoms with Crippen LogP contribution in [-0.4, -0.2) is 191 Å². The maximum Gasteiger partial charge on any atom is 1.00 e. The number of benzene rings is 4. The van der Waals surface area contributed by atoms with E-state index in [9.17, 15) is 72.3 Å². The smallest absolute Gasteiger partial charge is 0.744 e. The third-order valence-corrected chi connectivity index (χ3v) is 13.7. The molecule has 0 aliphatic rings. The van der Waals surface area contributed by atoms with E-state index in [0.717, 1.165) is 48.6 Å².